The van der Waals surface area contributed by atoms with E-state index in [1.807, 2.05) is 0 Å². The van der Waals surface area contributed by atoms with Crippen molar-refractivity contribution >= 4 is 11.9 Å². The minimum atomic E-state index is -0.515. The molecule has 58 valence electrons. The van der Waals surface area contributed by atoms with Gasteiger partial charge < -0.3 is 10.5 Å². The maximum atomic E-state index is 10.8. The summed E-state index contributed by atoms with van der Waals surface area (Å²) in [5, 5.41) is 0. The van der Waals surface area contributed by atoms with Gasteiger partial charge in [0.05, 0.1) is 7.11 Å². The highest BCUT2D eigenvalue weighted by atomic mass is 16.5. The van der Waals surface area contributed by atoms with Crippen LogP contribution in [0.5, 0.6) is 0 Å². The smallest absolute Gasteiger partial charge is 0.356 e. The molecule has 0 radical (unpaired) electrons. The highest BCUT2D eigenvalue weighted by Gasteiger charge is 2.05. The molecule has 0 amide bonds. The molecular weight excluding hydrogens is 146 g/mol. The van der Waals surface area contributed by atoms with Gasteiger partial charge in [0.15, 0.2) is 5.69 Å². The Morgan fingerprint density at radius 1 is 1.73 bits per heavy atom. The van der Waals surface area contributed by atoms with Crippen molar-refractivity contribution in [3.8, 4) is 0 Å². The van der Waals surface area contributed by atoms with Gasteiger partial charge in [-0.25, -0.2) is 14.8 Å². The Morgan fingerprint density at radius 2 is 2.45 bits per heavy atom. The monoisotopic (exact) mass is 153 g/mol. The van der Waals surface area contributed by atoms with Gasteiger partial charge in [0.1, 0.15) is 0 Å². The van der Waals surface area contributed by atoms with Gasteiger partial charge in [-0.2, -0.15) is 0 Å². The summed E-state index contributed by atoms with van der Waals surface area (Å²) in [7, 11) is 1.28. The van der Waals surface area contributed by atoms with Crippen molar-refractivity contribution < 1.29 is 9.53 Å². The van der Waals surface area contributed by atoms with Gasteiger partial charge in [-0.15, -0.1) is 0 Å². The maximum Gasteiger partial charge on any atom is 0.356 e. The van der Waals surface area contributed by atoms with E-state index in [0.717, 1.165) is 0 Å². The van der Waals surface area contributed by atoms with E-state index in [4.69, 9.17) is 5.73 Å². The Hall–Kier alpha value is -1.65. The van der Waals surface area contributed by atoms with Crippen molar-refractivity contribution in [3.63, 3.8) is 0 Å². The maximum absolute atomic E-state index is 10.8. The summed E-state index contributed by atoms with van der Waals surface area (Å²) in [5.41, 5.74) is 5.39. The second-order valence-electron chi connectivity index (χ2n) is 1.79. The molecule has 1 aromatic rings. The molecule has 5 heteroatoms. The number of nitrogens with two attached hydrogens (primary N) is 1. The number of ether oxygens (including phenoxy) is 1. The average Bonchev–Trinajstić information content (AvgIpc) is 2.03. The molecule has 0 aromatic carbocycles. The first-order valence-corrected chi connectivity index (χ1v) is 2.91. The number of methoxy groups -OCH3 is 1. The van der Waals surface area contributed by atoms with Gasteiger partial charge in [0, 0.05) is 6.20 Å². The number of rotatable bonds is 1. The molecule has 0 aliphatic heterocycles. The van der Waals surface area contributed by atoms with Gasteiger partial charge in [0.2, 0.25) is 5.95 Å². The number of nitrogen functional groups attached to an aromatic ring is 1. The van der Waals surface area contributed by atoms with Crippen LogP contribution in [-0.4, -0.2) is 23.0 Å². The molecule has 1 heterocycles. The Kier molecular flexibility index (Phi) is 2.00. The Morgan fingerprint density at radius 3 is 3.00 bits per heavy atom. The number of hydrogen-bond acceptors (Lipinski definition) is 5. The van der Waals surface area contributed by atoms with E-state index in [2.05, 4.69) is 14.7 Å². The van der Waals surface area contributed by atoms with Crippen molar-refractivity contribution in [1.29, 1.82) is 0 Å². The van der Waals surface area contributed by atoms with Gasteiger partial charge in [-0.3, -0.25) is 0 Å². The largest absolute Gasteiger partial charge is 0.464 e. The van der Waals surface area contributed by atoms with Crippen molar-refractivity contribution in [2.45, 2.75) is 0 Å². The topological polar surface area (TPSA) is 78.1 Å². The lowest BCUT2D eigenvalue weighted by Crippen LogP contribution is -2.06. The lowest BCUT2D eigenvalue weighted by molar-refractivity contribution is 0.0594. The molecule has 1 rings (SSSR count). The Labute approximate surface area is 63.2 Å². The second-order valence-corrected chi connectivity index (χ2v) is 1.79. The fourth-order valence-electron chi connectivity index (χ4n) is 0.592. The van der Waals surface area contributed by atoms with E-state index in [-0.39, 0.29) is 11.6 Å². The number of aromatic nitrogens is 2. The van der Waals surface area contributed by atoms with Gasteiger partial charge in [0.25, 0.3) is 0 Å². The van der Waals surface area contributed by atoms with Crippen molar-refractivity contribution in [2.24, 2.45) is 0 Å². The average molecular weight is 153 g/mol. The van der Waals surface area contributed by atoms with Gasteiger partial charge in [-0.05, 0) is 6.07 Å². The van der Waals surface area contributed by atoms with E-state index in [0.29, 0.717) is 0 Å². The zero-order valence-electron chi connectivity index (χ0n) is 5.94. The molecule has 0 aliphatic carbocycles. The SMILES string of the molecule is COC(=O)c1ccnc(N)n1. The number of hydrogen-bond donors (Lipinski definition) is 1. The highest BCUT2D eigenvalue weighted by Crippen LogP contribution is 1.97. The lowest BCUT2D eigenvalue weighted by atomic mass is 10.4. The van der Waals surface area contributed by atoms with Crippen LogP contribution in [0.2, 0.25) is 0 Å². The summed E-state index contributed by atoms with van der Waals surface area (Å²) >= 11 is 0. The van der Waals surface area contributed by atoms with E-state index < -0.39 is 5.97 Å². The van der Waals surface area contributed by atoms with E-state index in [1.165, 1.54) is 19.4 Å². The fourth-order valence-corrected chi connectivity index (χ4v) is 0.592. The summed E-state index contributed by atoms with van der Waals surface area (Å²) in [6.07, 6.45) is 1.40. The first-order chi connectivity index (χ1) is 5.24. The number of nitrogens with zero attached hydrogens (tertiary/aromatic N) is 2. The quantitative estimate of drug-likeness (QED) is 0.567. The predicted octanol–water partition coefficient (Wildman–Crippen LogP) is -0.155. The van der Waals surface area contributed by atoms with Crippen molar-refractivity contribution in [2.75, 3.05) is 12.8 Å². The van der Waals surface area contributed by atoms with Crippen LogP contribution >= 0.6 is 0 Å². The molecule has 0 aliphatic rings. The second kappa shape index (κ2) is 2.96. The van der Waals surface area contributed by atoms with Crippen LogP contribution < -0.4 is 5.73 Å². The lowest BCUT2D eigenvalue weighted by Gasteiger charge is -1.96. The van der Waals surface area contributed by atoms with E-state index in [1.54, 1.807) is 0 Å². The summed E-state index contributed by atoms with van der Waals surface area (Å²) in [6.45, 7) is 0. The zero-order valence-corrected chi connectivity index (χ0v) is 5.94. The molecule has 0 fully saturated rings. The van der Waals surface area contributed by atoms with Crippen LogP contribution in [-0.2, 0) is 4.74 Å². The molecule has 0 saturated carbocycles. The summed E-state index contributed by atoms with van der Waals surface area (Å²) in [4.78, 5) is 18.0. The number of carbonyl (C=O) groups is 1. The normalized spacial score (nSPS) is 9.18. The third kappa shape index (κ3) is 1.64. The molecule has 11 heavy (non-hydrogen) atoms. The van der Waals surface area contributed by atoms with Crippen LogP contribution in [0.3, 0.4) is 0 Å². The molecule has 2 N–H and O–H groups in total. The Bertz CT molecular complexity index is 274. The first kappa shape index (κ1) is 7.46. The number of carbonyl (C=O) groups excluding carboxylic acids is 1. The van der Waals surface area contributed by atoms with Crippen LogP contribution in [0.15, 0.2) is 12.3 Å². The van der Waals surface area contributed by atoms with Crippen LogP contribution in [0.25, 0.3) is 0 Å². The Balaban J connectivity index is 2.96. The third-order valence-electron chi connectivity index (χ3n) is 1.07. The number of anilines is 1. The van der Waals surface area contributed by atoms with Gasteiger partial charge in [-0.1, -0.05) is 0 Å². The summed E-state index contributed by atoms with van der Waals surface area (Å²) < 4.78 is 4.41. The van der Waals surface area contributed by atoms with E-state index >= 15 is 0 Å². The molecule has 0 spiro atoms. The van der Waals surface area contributed by atoms with Crippen molar-refractivity contribution in [1.82, 2.24) is 9.97 Å². The minimum Gasteiger partial charge on any atom is -0.464 e. The van der Waals surface area contributed by atoms with Gasteiger partial charge >= 0.3 is 5.97 Å². The minimum absolute atomic E-state index is 0.0629. The molecular formula is C6H7N3O2. The van der Waals surface area contributed by atoms with E-state index in [9.17, 15) is 4.79 Å². The molecule has 0 bridgehead atoms. The molecule has 1 aromatic heterocycles. The fraction of sp³-hybridized carbons (Fsp3) is 0.167. The van der Waals surface area contributed by atoms with Crippen molar-refractivity contribution in [3.05, 3.63) is 18.0 Å². The number of esters is 1. The zero-order chi connectivity index (χ0) is 8.27. The summed E-state index contributed by atoms with van der Waals surface area (Å²) in [6, 6.07) is 1.43. The molecule has 5 nitrogen and oxygen atoms in total. The summed E-state index contributed by atoms with van der Waals surface area (Å²) in [5.74, 6) is -0.452. The molecule has 0 unspecified atom stereocenters. The third-order valence-corrected chi connectivity index (χ3v) is 1.07. The molecule has 0 saturated heterocycles. The standard InChI is InChI=1S/C6H7N3O2/c1-11-5(10)4-2-3-8-6(7)9-4/h2-3H,1H3,(H2,7,8,9). The first-order valence-electron chi connectivity index (χ1n) is 2.91. The predicted molar refractivity (Wildman–Crippen MR) is 37.8 cm³/mol. The van der Waals surface area contributed by atoms with Crippen LogP contribution in [0.1, 0.15) is 10.5 Å². The molecule has 0 atom stereocenters. The van der Waals surface area contributed by atoms with Crippen LogP contribution in [0.4, 0.5) is 5.95 Å². The highest BCUT2D eigenvalue weighted by molar-refractivity contribution is 5.87. The van der Waals surface area contributed by atoms with Crippen LogP contribution in [0, 0.1) is 0 Å².